The SMILES string of the molecule is O=C(O)CCCCCNC(=O)COc1ccc(F)c(Cl)c1. The zero-order valence-corrected chi connectivity index (χ0v) is 12.2. The highest BCUT2D eigenvalue weighted by molar-refractivity contribution is 6.30. The number of carboxylic acid groups (broad SMARTS) is 1. The summed E-state index contributed by atoms with van der Waals surface area (Å²) in [5, 5.41) is 11.0. The van der Waals surface area contributed by atoms with Gasteiger partial charge in [0.05, 0.1) is 5.02 Å². The molecular formula is C14H17ClFNO4. The normalized spacial score (nSPS) is 10.2. The van der Waals surface area contributed by atoms with Crippen LogP contribution < -0.4 is 10.1 Å². The van der Waals surface area contributed by atoms with Crippen molar-refractivity contribution in [2.24, 2.45) is 0 Å². The predicted molar refractivity (Wildman–Crippen MR) is 76.0 cm³/mol. The van der Waals surface area contributed by atoms with Crippen molar-refractivity contribution in [2.45, 2.75) is 25.7 Å². The molecule has 0 atom stereocenters. The largest absolute Gasteiger partial charge is 0.484 e. The van der Waals surface area contributed by atoms with Crippen LogP contribution in [0.15, 0.2) is 18.2 Å². The summed E-state index contributed by atoms with van der Waals surface area (Å²) in [6, 6.07) is 3.86. The first-order valence-electron chi connectivity index (χ1n) is 6.55. The van der Waals surface area contributed by atoms with Crippen molar-refractivity contribution in [1.29, 1.82) is 0 Å². The van der Waals surface area contributed by atoms with Crippen LogP contribution in [-0.2, 0) is 9.59 Å². The molecule has 0 aliphatic carbocycles. The number of nitrogens with one attached hydrogen (secondary N) is 1. The zero-order valence-electron chi connectivity index (χ0n) is 11.4. The van der Waals surface area contributed by atoms with Crippen LogP contribution in [-0.4, -0.2) is 30.1 Å². The molecular weight excluding hydrogens is 301 g/mol. The number of aliphatic carboxylic acids is 1. The number of amides is 1. The van der Waals surface area contributed by atoms with Gasteiger partial charge in [0, 0.05) is 19.0 Å². The molecule has 116 valence electrons. The molecule has 5 nitrogen and oxygen atoms in total. The lowest BCUT2D eigenvalue weighted by atomic mass is 10.2. The Bertz CT molecular complexity index is 496. The van der Waals surface area contributed by atoms with Gasteiger partial charge in [0.1, 0.15) is 11.6 Å². The topological polar surface area (TPSA) is 75.6 Å². The lowest BCUT2D eigenvalue weighted by Gasteiger charge is -2.07. The van der Waals surface area contributed by atoms with Gasteiger partial charge in [0.25, 0.3) is 5.91 Å². The van der Waals surface area contributed by atoms with Gasteiger partial charge in [-0.1, -0.05) is 18.0 Å². The van der Waals surface area contributed by atoms with Crippen molar-refractivity contribution in [3.8, 4) is 5.75 Å². The number of carbonyl (C=O) groups is 2. The van der Waals surface area contributed by atoms with E-state index in [0.29, 0.717) is 25.1 Å². The number of carboxylic acids is 1. The highest BCUT2D eigenvalue weighted by atomic mass is 35.5. The number of unbranched alkanes of at least 4 members (excludes halogenated alkanes) is 2. The van der Waals surface area contributed by atoms with Crippen molar-refractivity contribution in [3.05, 3.63) is 29.0 Å². The molecule has 2 N–H and O–H groups in total. The molecule has 1 aromatic carbocycles. The van der Waals surface area contributed by atoms with Gasteiger partial charge in [-0.25, -0.2) is 4.39 Å². The van der Waals surface area contributed by atoms with Crippen molar-refractivity contribution < 1.29 is 23.8 Å². The third-order valence-corrected chi connectivity index (χ3v) is 2.94. The number of ether oxygens (including phenoxy) is 1. The molecule has 1 aromatic rings. The molecule has 0 bridgehead atoms. The van der Waals surface area contributed by atoms with Crippen LogP contribution >= 0.6 is 11.6 Å². The van der Waals surface area contributed by atoms with Gasteiger partial charge in [-0.3, -0.25) is 9.59 Å². The number of hydrogen-bond acceptors (Lipinski definition) is 3. The van der Waals surface area contributed by atoms with Gasteiger partial charge in [-0.2, -0.15) is 0 Å². The van der Waals surface area contributed by atoms with Crippen molar-refractivity contribution in [1.82, 2.24) is 5.32 Å². The number of benzene rings is 1. The first-order chi connectivity index (χ1) is 9.99. The minimum absolute atomic E-state index is 0.0636. The van der Waals surface area contributed by atoms with E-state index < -0.39 is 11.8 Å². The molecule has 0 aromatic heterocycles. The average molecular weight is 318 g/mol. The molecule has 0 unspecified atom stereocenters. The van der Waals surface area contributed by atoms with E-state index >= 15 is 0 Å². The first-order valence-corrected chi connectivity index (χ1v) is 6.93. The summed E-state index contributed by atoms with van der Waals surface area (Å²) in [4.78, 5) is 21.8. The molecule has 1 amide bonds. The fourth-order valence-corrected chi connectivity index (χ4v) is 1.74. The molecule has 0 heterocycles. The van der Waals surface area contributed by atoms with Gasteiger partial charge in [-0.15, -0.1) is 0 Å². The fraction of sp³-hybridized carbons (Fsp3) is 0.429. The Hall–Kier alpha value is -1.82. The monoisotopic (exact) mass is 317 g/mol. The molecule has 0 spiro atoms. The van der Waals surface area contributed by atoms with Crippen LogP contribution in [0.25, 0.3) is 0 Å². The third-order valence-electron chi connectivity index (χ3n) is 2.65. The molecule has 21 heavy (non-hydrogen) atoms. The standard InChI is InChI=1S/C14H17ClFNO4/c15-11-8-10(5-6-12(11)16)21-9-13(18)17-7-3-1-2-4-14(19)20/h5-6,8H,1-4,7,9H2,(H,17,18)(H,19,20). The minimum Gasteiger partial charge on any atom is -0.484 e. The van der Waals surface area contributed by atoms with Crippen LogP contribution in [0.5, 0.6) is 5.75 Å². The average Bonchev–Trinajstić information content (AvgIpc) is 2.43. The molecule has 0 saturated heterocycles. The van der Waals surface area contributed by atoms with Gasteiger partial charge < -0.3 is 15.2 Å². The lowest BCUT2D eigenvalue weighted by Crippen LogP contribution is -2.29. The summed E-state index contributed by atoms with van der Waals surface area (Å²) >= 11 is 5.59. The zero-order chi connectivity index (χ0) is 15.7. The summed E-state index contributed by atoms with van der Waals surface area (Å²) in [6.07, 6.45) is 2.18. The highest BCUT2D eigenvalue weighted by Crippen LogP contribution is 2.20. The van der Waals surface area contributed by atoms with Crippen LogP contribution in [0.1, 0.15) is 25.7 Å². The van der Waals surface area contributed by atoms with Crippen molar-refractivity contribution in [2.75, 3.05) is 13.2 Å². The number of rotatable bonds is 9. The van der Waals surface area contributed by atoms with E-state index in [1.54, 1.807) is 0 Å². The molecule has 1 rings (SSSR count). The highest BCUT2D eigenvalue weighted by Gasteiger charge is 2.05. The van der Waals surface area contributed by atoms with E-state index in [-0.39, 0.29) is 24.0 Å². The molecule has 7 heteroatoms. The first kappa shape index (κ1) is 17.2. The van der Waals surface area contributed by atoms with E-state index in [1.807, 2.05) is 0 Å². The second-order valence-electron chi connectivity index (χ2n) is 4.42. The number of carbonyl (C=O) groups excluding carboxylic acids is 1. The van der Waals surface area contributed by atoms with Crippen molar-refractivity contribution in [3.63, 3.8) is 0 Å². The Morgan fingerprint density at radius 3 is 2.71 bits per heavy atom. The van der Waals surface area contributed by atoms with Crippen LogP contribution in [0.2, 0.25) is 5.02 Å². The number of hydrogen-bond donors (Lipinski definition) is 2. The maximum absolute atomic E-state index is 12.9. The summed E-state index contributed by atoms with van der Waals surface area (Å²) < 4.78 is 18.1. The van der Waals surface area contributed by atoms with Crippen molar-refractivity contribution >= 4 is 23.5 Å². The maximum atomic E-state index is 12.9. The van der Waals surface area contributed by atoms with E-state index in [9.17, 15) is 14.0 Å². The predicted octanol–water partition coefficient (Wildman–Crippen LogP) is 2.62. The Kier molecular flexibility index (Phi) is 7.53. The third kappa shape index (κ3) is 7.51. The van der Waals surface area contributed by atoms with E-state index in [4.69, 9.17) is 21.4 Å². The van der Waals surface area contributed by atoms with Gasteiger partial charge in [-0.05, 0) is 25.0 Å². The quantitative estimate of drug-likeness (QED) is 0.686. The Morgan fingerprint density at radius 2 is 2.05 bits per heavy atom. The van der Waals surface area contributed by atoms with Crippen LogP contribution in [0.3, 0.4) is 0 Å². The summed E-state index contributed by atoms with van der Waals surface area (Å²) in [5.41, 5.74) is 0. The smallest absolute Gasteiger partial charge is 0.303 e. The molecule has 0 aliphatic rings. The summed E-state index contributed by atoms with van der Waals surface area (Å²) in [6.45, 7) is 0.281. The second kappa shape index (κ2) is 9.18. The molecule has 0 saturated carbocycles. The van der Waals surface area contributed by atoms with Crippen LogP contribution in [0, 0.1) is 5.82 Å². The fourth-order valence-electron chi connectivity index (χ4n) is 1.57. The number of halogens is 2. The molecule has 0 fully saturated rings. The second-order valence-corrected chi connectivity index (χ2v) is 4.83. The van der Waals surface area contributed by atoms with Gasteiger partial charge in [0.2, 0.25) is 0 Å². The summed E-state index contributed by atoms with van der Waals surface area (Å²) in [5.74, 6) is -1.34. The Balaban J connectivity index is 2.13. The minimum atomic E-state index is -0.814. The van der Waals surface area contributed by atoms with E-state index in [0.717, 1.165) is 12.5 Å². The Morgan fingerprint density at radius 1 is 1.29 bits per heavy atom. The van der Waals surface area contributed by atoms with E-state index in [2.05, 4.69) is 5.32 Å². The van der Waals surface area contributed by atoms with Gasteiger partial charge in [0.15, 0.2) is 6.61 Å². The molecule has 0 aliphatic heterocycles. The van der Waals surface area contributed by atoms with Crippen LogP contribution in [0.4, 0.5) is 4.39 Å². The maximum Gasteiger partial charge on any atom is 0.303 e. The van der Waals surface area contributed by atoms with Gasteiger partial charge >= 0.3 is 5.97 Å². The Labute approximate surface area is 127 Å². The summed E-state index contributed by atoms with van der Waals surface area (Å²) in [7, 11) is 0. The molecule has 0 radical (unpaired) electrons. The van der Waals surface area contributed by atoms with E-state index in [1.165, 1.54) is 12.1 Å². The lowest BCUT2D eigenvalue weighted by molar-refractivity contribution is -0.137.